The van der Waals surface area contributed by atoms with Crippen molar-refractivity contribution >= 4 is 34.9 Å². The first-order valence-corrected chi connectivity index (χ1v) is 7.43. The molecular weight excluding hydrogens is 316 g/mol. The van der Waals surface area contributed by atoms with Gasteiger partial charge in [-0.05, 0) is 43.3 Å². The van der Waals surface area contributed by atoms with Crippen molar-refractivity contribution in [1.29, 1.82) is 0 Å². The molecule has 2 aromatic carbocycles. The summed E-state index contributed by atoms with van der Waals surface area (Å²) in [5, 5.41) is 6.15. The second kappa shape index (κ2) is 7.65. The minimum Gasteiger partial charge on any atom is -0.449 e. The van der Waals surface area contributed by atoms with Crippen LogP contribution < -0.4 is 10.6 Å². The lowest BCUT2D eigenvalue weighted by Gasteiger charge is -2.15. The number of amides is 1. The number of carbonyl (C=O) groups is 2. The van der Waals surface area contributed by atoms with Gasteiger partial charge in [-0.15, -0.1) is 0 Å². The van der Waals surface area contributed by atoms with Gasteiger partial charge in [0.1, 0.15) is 0 Å². The summed E-state index contributed by atoms with van der Waals surface area (Å²) in [5.74, 6) is -0.976. The molecule has 0 aliphatic rings. The van der Waals surface area contributed by atoms with E-state index < -0.39 is 18.0 Å². The molecule has 1 atom stereocenters. The normalized spacial score (nSPS) is 11.4. The van der Waals surface area contributed by atoms with Gasteiger partial charge in [0, 0.05) is 23.4 Å². The minimum absolute atomic E-state index is 0.376. The Hall–Kier alpha value is -2.53. The van der Waals surface area contributed by atoms with Crippen molar-refractivity contribution in [3.8, 4) is 0 Å². The molecular formula is C17H17ClN2O3. The standard InChI is InChI=1S/C17H17ClN2O3/c1-11(16(21)20-13-9-7-12(18)8-10-13)23-17(22)14-5-3-4-6-15(14)19-2/h3-11,19H,1-2H3,(H,20,21)/t11-/m0/s1. The van der Waals surface area contributed by atoms with Crippen molar-refractivity contribution in [2.45, 2.75) is 13.0 Å². The molecule has 0 radical (unpaired) electrons. The van der Waals surface area contributed by atoms with Crippen molar-refractivity contribution in [3.63, 3.8) is 0 Å². The van der Waals surface area contributed by atoms with Gasteiger partial charge in [-0.3, -0.25) is 4.79 Å². The molecule has 120 valence electrons. The fourth-order valence-corrected chi connectivity index (χ4v) is 2.06. The predicted octanol–water partition coefficient (Wildman–Crippen LogP) is 3.57. The second-order valence-corrected chi connectivity index (χ2v) is 5.28. The zero-order valence-corrected chi connectivity index (χ0v) is 13.6. The van der Waals surface area contributed by atoms with Crippen LogP contribution in [0.5, 0.6) is 0 Å². The van der Waals surface area contributed by atoms with E-state index >= 15 is 0 Å². The van der Waals surface area contributed by atoms with Gasteiger partial charge in [-0.2, -0.15) is 0 Å². The Bertz CT molecular complexity index is 701. The first kappa shape index (κ1) is 16.8. The molecule has 2 rings (SSSR count). The van der Waals surface area contributed by atoms with Crippen LogP contribution >= 0.6 is 11.6 Å². The summed E-state index contributed by atoms with van der Waals surface area (Å²) in [6.45, 7) is 1.52. The van der Waals surface area contributed by atoms with Crippen LogP contribution in [0, 0.1) is 0 Å². The molecule has 2 aromatic rings. The SMILES string of the molecule is CNc1ccccc1C(=O)O[C@@H](C)C(=O)Nc1ccc(Cl)cc1. The molecule has 6 heteroatoms. The third-order valence-electron chi connectivity index (χ3n) is 3.18. The van der Waals surface area contributed by atoms with E-state index in [0.29, 0.717) is 22.0 Å². The maximum atomic E-state index is 12.2. The molecule has 0 aliphatic carbocycles. The number of hydrogen-bond donors (Lipinski definition) is 2. The van der Waals surface area contributed by atoms with E-state index in [1.807, 2.05) is 0 Å². The lowest BCUT2D eigenvalue weighted by atomic mass is 10.2. The Labute approximate surface area is 139 Å². The lowest BCUT2D eigenvalue weighted by molar-refractivity contribution is -0.123. The monoisotopic (exact) mass is 332 g/mol. The number of para-hydroxylation sites is 1. The maximum Gasteiger partial charge on any atom is 0.341 e. The van der Waals surface area contributed by atoms with Gasteiger partial charge in [0.15, 0.2) is 6.10 Å². The lowest BCUT2D eigenvalue weighted by Crippen LogP contribution is -2.30. The van der Waals surface area contributed by atoms with Gasteiger partial charge in [0.05, 0.1) is 5.56 Å². The van der Waals surface area contributed by atoms with Gasteiger partial charge >= 0.3 is 5.97 Å². The number of benzene rings is 2. The molecule has 0 aliphatic heterocycles. The third kappa shape index (κ3) is 4.47. The number of carbonyl (C=O) groups excluding carboxylic acids is 2. The summed E-state index contributed by atoms with van der Waals surface area (Å²) in [6.07, 6.45) is -0.928. The van der Waals surface area contributed by atoms with E-state index in [2.05, 4.69) is 10.6 Å². The Morgan fingerprint density at radius 2 is 1.74 bits per heavy atom. The van der Waals surface area contributed by atoms with Gasteiger partial charge in [0.2, 0.25) is 0 Å². The van der Waals surface area contributed by atoms with Crippen LogP contribution in [-0.2, 0) is 9.53 Å². The summed E-state index contributed by atoms with van der Waals surface area (Å²) in [7, 11) is 1.71. The van der Waals surface area contributed by atoms with E-state index in [4.69, 9.17) is 16.3 Å². The van der Waals surface area contributed by atoms with Crippen molar-refractivity contribution in [2.24, 2.45) is 0 Å². The van der Waals surface area contributed by atoms with Gasteiger partial charge in [-0.25, -0.2) is 4.79 Å². The van der Waals surface area contributed by atoms with E-state index in [9.17, 15) is 9.59 Å². The van der Waals surface area contributed by atoms with E-state index in [1.165, 1.54) is 6.92 Å². The van der Waals surface area contributed by atoms with Crippen molar-refractivity contribution in [1.82, 2.24) is 0 Å². The second-order valence-electron chi connectivity index (χ2n) is 4.84. The molecule has 2 N–H and O–H groups in total. The molecule has 23 heavy (non-hydrogen) atoms. The van der Waals surface area contributed by atoms with E-state index in [1.54, 1.807) is 55.6 Å². The summed E-state index contributed by atoms with van der Waals surface area (Å²) in [4.78, 5) is 24.3. The molecule has 0 unspecified atom stereocenters. The summed E-state index contributed by atoms with van der Waals surface area (Å²) in [6, 6.07) is 13.6. The number of anilines is 2. The van der Waals surface area contributed by atoms with Gasteiger partial charge in [-0.1, -0.05) is 23.7 Å². The maximum absolute atomic E-state index is 12.2. The molecule has 0 saturated heterocycles. The van der Waals surface area contributed by atoms with Crippen LogP contribution in [0.2, 0.25) is 5.02 Å². The molecule has 1 amide bonds. The molecule has 0 fully saturated rings. The molecule has 0 saturated carbocycles. The summed E-state index contributed by atoms with van der Waals surface area (Å²) < 4.78 is 5.22. The van der Waals surface area contributed by atoms with E-state index in [0.717, 1.165) is 0 Å². The van der Waals surface area contributed by atoms with Crippen molar-refractivity contribution in [2.75, 3.05) is 17.7 Å². The van der Waals surface area contributed by atoms with Crippen LogP contribution in [-0.4, -0.2) is 25.0 Å². The highest BCUT2D eigenvalue weighted by atomic mass is 35.5. The third-order valence-corrected chi connectivity index (χ3v) is 3.43. The molecule has 0 bridgehead atoms. The molecule has 0 spiro atoms. The van der Waals surface area contributed by atoms with Crippen molar-refractivity contribution < 1.29 is 14.3 Å². The topological polar surface area (TPSA) is 67.4 Å². The summed E-state index contributed by atoms with van der Waals surface area (Å²) >= 11 is 5.79. The number of rotatable bonds is 5. The number of nitrogens with one attached hydrogen (secondary N) is 2. The van der Waals surface area contributed by atoms with Crippen LogP contribution in [0.25, 0.3) is 0 Å². The molecule has 0 aromatic heterocycles. The largest absolute Gasteiger partial charge is 0.449 e. The van der Waals surface area contributed by atoms with Crippen LogP contribution in [0.3, 0.4) is 0 Å². The molecule has 0 heterocycles. The number of hydrogen-bond acceptors (Lipinski definition) is 4. The fraction of sp³-hybridized carbons (Fsp3) is 0.176. The number of ether oxygens (including phenoxy) is 1. The quantitative estimate of drug-likeness (QED) is 0.821. The van der Waals surface area contributed by atoms with Crippen LogP contribution in [0.4, 0.5) is 11.4 Å². The average Bonchev–Trinajstić information content (AvgIpc) is 2.56. The Balaban J connectivity index is 2.00. The van der Waals surface area contributed by atoms with Crippen LogP contribution in [0.15, 0.2) is 48.5 Å². The Kier molecular flexibility index (Phi) is 5.60. The minimum atomic E-state index is -0.928. The fourth-order valence-electron chi connectivity index (χ4n) is 1.93. The van der Waals surface area contributed by atoms with Crippen LogP contribution in [0.1, 0.15) is 17.3 Å². The highest BCUT2D eigenvalue weighted by Gasteiger charge is 2.20. The van der Waals surface area contributed by atoms with Crippen molar-refractivity contribution in [3.05, 3.63) is 59.1 Å². The van der Waals surface area contributed by atoms with Gasteiger partial charge in [0.25, 0.3) is 5.91 Å². The predicted molar refractivity (Wildman–Crippen MR) is 90.9 cm³/mol. The first-order valence-electron chi connectivity index (χ1n) is 7.05. The summed E-state index contributed by atoms with van der Waals surface area (Å²) in [5.41, 5.74) is 1.60. The Morgan fingerprint density at radius 3 is 2.39 bits per heavy atom. The zero-order valence-electron chi connectivity index (χ0n) is 12.8. The smallest absolute Gasteiger partial charge is 0.341 e. The zero-order chi connectivity index (χ0) is 16.8. The van der Waals surface area contributed by atoms with Gasteiger partial charge < -0.3 is 15.4 Å². The first-order chi connectivity index (χ1) is 11.0. The highest BCUT2D eigenvalue weighted by molar-refractivity contribution is 6.30. The van der Waals surface area contributed by atoms with E-state index in [-0.39, 0.29) is 0 Å². The highest BCUT2D eigenvalue weighted by Crippen LogP contribution is 2.17. The number of halogens is 1. The average molecular weight is 333 g/mol. The number of esters is 1. The molecule has 5 nitrogen and oxygen atoms in total. The Morgan fingerprint density at radius 1 is 1.09 bits per heavy atom.